The number of carbonyl (C=O) groups excluding carboxylic acids is 2. The van der Waals surface area contributed by atoms with Gasteiger partial charge in [-0.15, -0.1) is 0 Å². The van der Waals surface area contributed by atoms with Crippen LogP contribution in [-0.2, 0) is 4.79 Å². The number of nitrogens with zero attached hydrogens (tertiary/aromatic N) is 1. The number of non-ortho nitro benzene ring substituents is 1. The molecule has 1 unspecified atom stereocenters. The van der Waals surface area contributed by atoms with Gasteiger partial charge in [0.1, 0.15) is 6.04 Å². The van der Waals surface area contributed by atoms with Crippen LogP contribution in [0.5, 0.6) is 0 Å². The number of nitrogens with one attached hydrogen (secondary N) is 3. The van der Waals surface area contributed by atoms with Gasteiger partial charge < -0.3 is 16.0 Å². The summed E-state index contributed by atoms with van der Waals surface area (Å²) in [5.41, 5.74) is 2.20. The van der Waals surface area contributed by atoms with Crippen molar-refractivity contribution in [1.82, 2.24) is 0 Å². The average Bonchev–Trinajstić information content (AvgIpc) is 2.76. The molecular weight excluding hydrogens is 420 g/mol. The Kier molecular flexibility index (Phi) is 6.84. The van der Waals surface area contributed by atoms with Crippen LogP contribution in [0.15, 0.2) is 72.8 Å². The van der Waals surface area contributed by atoms with Crippen molar-refractivity contribution in [1.29, 1.82) is 0 Å². The highest BCUT2D eigenvalue weighted by atomic mass is 35.5. The van der Waals surface area contributed by atoms with Crippen molar-refractivity contribution >= 4 is 46.2 Å². The average molecular weight is 439 g/mol. The van der Waals surface area contributed by atoms with Crippen molar-refractivity contribution in [2.24, 2.45) is 0 Å². The topological polar surface area (TPSA) is 113 Å². The molecule has 0 aliphatic carbocycles. The van der Waals surface area contributed by atoms with E-state index in [0.717, 1.165) is 0 Å². The number of benzene rings is 3. The highest BCUT2D eigenvalue weighted by Gasteiger charge is 2.14. The molecule has 8 nitrogen and oxygen atoms in total. The van der Waals surface area contributed by atoms with E-state index in [2.05, 4.69) is 16.0 Å². The molecule has 0 aliphatic heterocycles. The zero-order valence-electron chi connectivity index (χ0n) is 16.5. The Morgan fingerprint density at radius 1 is 0.839 bits per heavy atom. The van der Waals surface area contributed by atoms with E-state index in [4.69, 9.17) is 11.6 Å². The molecule has 0 saturated heterocycles. The summed E-state index contributed by atoms with van der Waals surface area (Å²) in [6.45, 7) is 1.69. The molecule has 0 heterocycles. The first-order valence-electron chi connectivity index (χ1n) is 9.30. The highest BCUT2D eigenvalue weighted by molar-refractivity contribution is 6.30. The fourth-order valence-corrected chi connectivity index (χ4v) is 2.81. The van der Waals surface area contributed by atoms with Gasteiger partial charge in [-0.05, 0) is 67.6 Å². The second-order valence-corrected chi connectivity index (χ2v) is 7.13. The number of rotatable bonds is 7. The zero-order chi connectivity index (χ0) is 22.4. The third-order valence-corrected chi connectivity index (χ3v) is 4.62. The van der Waals surface area contributed by atoms with Crippen molar-refractivity contribution in [3.8, 4) is 0 Å². The van der Waals surface area contributed by atoms with Crippen LogP contribution in [0.3, 0.4) is 0 Å². The van der Waals surface area contributed by atoms with Crippen LogP contribution in [0.25, 0.3) is 0 Å². The molecular formula is C22H19ClN4O4. The van der Waals surface area contributed by atoms with E-state index in [1.54, 1.807) is 55.5 Å². The number of nitro benzene ring substituents is 1. The molecule has 2 amide bonds. The quantitative estimate of drug-likeness (QED) is 0.357. The fourth-order valence-electron chi connectivity index (χ4n) is 2.69. The lowest BCUT2D eigenvalue weighted by atomic mass is 10.2. The lowest BCUT2D eigenvalue weighted by Crippen LogP contribution is -2.31. The maximum atomic E-state index is 12.4. The molecule has 31 heavy (non-hydrogen) atoms. The van der Waals surface area contributed by atoms with E-state index in [9.17, 15) is 19.7 Å². The third-order valence-electron chi connectivity index (χ3n) is 4.37. The molecule has 0 fully saturated rings. The summed E-state index contributed by atoms with van der Waals surface area (Å²) in [5.74, 6) is -0.554. The van der Waals surface area contributed by atoms with Crippen LogP contribution in [0.4, 0.5) is 22.7 Å². The predicted octanol–water partition coefficient (Wildman–Crippen LogP) is 4.94. The van der Waals surface area contributed by atoms with Crippen molar-refractivity contribution in [2.75, 3.05) is 16.0 Å². The summed E-state index contributed by atoms with van der Waals surface area (Å²) in [4.78, 5) is 34.8. The number of halogens is 1. The van der Waals surface area contributed by atoms with Crippen molar-refractivity contribution in [3.05, 3.63) is 93.5 Å². The Morgan fingerprint density at radius 2 is 1.35 bits per heavy atom. The highest BCUT2D eigenvalue weighted by Crippen LogP contribution is 2.18. The van der Waals surface area contributed by atoms with Gasteiger partial charge in [-0.3, -0.25) is 19.7 Å². The van der Waals surface area contributed by atoms with Gasteiger partial charge in [-0.1, -0.05) is 11.6 Å². The lowest BCUT2D eigenvalue weighted by Gasteiger charge is -2.16. The van der Waals surface area contributed by atoms with Crippen LogP contribution in [0.1, 0.15) is 17.3 Å². The van der Waals surface area contributed by atoms with Gasteiger partial charge in [0.05, 0.1) is 4.92 Å². The Bertz CT molecular complexity index is 1080. The molecule has 3 aromatic carbocycles. The molecule has 0 radical (unpaired) electrons. The standard InChI is InChI=1S/C22H19ClN4O4/c1-14(21(28)25-19-10-12-20(13-11-19)27(30)31)24-17-6-8-18(9-7-17)26-22(29)15-2-4-16(23)5-3-15/h2-14,24H,1H3,(H,25,28)(H,26,29). The molecule has 0 spiro atoms. The maximum Gasteiger partial charge on any atom is 0.269 e. The van der Waals surface area contributed by atoms with Crippen molar-refractivity contribution < 1.29 is 14.5 Å². The van der Waals surface area contributed by atoms with E-state index in [0.29, 0.717) is 27.6 Å². The Labute approximate surface area is 183 Å². The lowest BCUT2D eigenvalue weighted by molar-refractivity contribution is -0.384. The number of amides is 2. The van der Waals surface area contributed by atoms with Gasteiger partial charge in [0.15, 0.2) is 0 Å². The van der Waals surface area contributed by atoms with Crippen LogP contribution in [0.2, 0.25) is 5.02 Å². The summed E-state index contributed by atoms with van der Waals surface area (Å²) >= 11 is 5.83. The first-order chi connectivity index (χ1) is 14.8. The van der Waals surface area contributed by atoms with Crippen LogP contribution < -0.4 is 16.0 Å². The number of carbonyl (C=O) groups is 2. The molecule has 9 heteroatoms. The monoisotopic (exact) mass is 438 g/mol. The van der Waals surface area contributed by atoms with E-state index in [1.807, 2.05) is 0 Å². The molecule has 0 aliphatic rings. The van der Waals surface area contributed by atoms with E-state index < -0.39 is 11.0 Å². The third kappa shape index (κ3) is 6.03. The first-order valence-corrected chi connectivity index (χ1v) is 9.68. The van der Waals surface area contributed by atoms with Gasteiger partial charge in [0.2, 0.25) is 5.91 Å². The molecule has 3 N–H and O–H groups in total. The van der Waals surface area contributed by atoms with Gasteiger partial charge in [-0.2, -0.15) is 0 Å². The van der Waals surface area contributed by atoms with Gasteiger partial charge >= 0.3 is 0 Å². The number of hydrogen-bond donors (Lipinski definition) is 3. The van der Waals surface area contributed by atoms with Crippen molar-refractivity contribution in [2.45, 2.75) is 13.0 Å². The first kappa shape index (κ1) is 21.8. The Balaban J connectivity index is 1.54. The summed E-state index contributed by atoms with van der Waals surface area (Å²) in [6, 6.07) is 18.5. The number of anilines is 3. The second kappa shape index (κ2) is 9.73. The minimum Gasteiger partial charge on any atom is -0.374 e. The van der Waals surface area contributed by atoms with Gasteiger partial charge in [-0.25, -0.2) is 0 Å². The summed E-state index contributed by atoms with van der Waals surface area (Å²) in [7, 11) is 0. The summed E-state index contributed by atoms with van der Waals surface area (Å²) in [5, 5.41) is 19.8. The molecule has 0 saturated carbocycles. The second-order valence-electron chi connectivity index (χ2n) is 6.70. The normalized spacial score (nSPS) is 11.3. The SMILES string of the molecule is CC(Nc1ccc(NC(=O)c2ccc(Cl)cc2)cc1)C(=O)Nc1ccc([N+](=O)[O-])cc1. The van der Waals surface area contributed by atoms with Crippen molar-refractivity contribution in [3.63, 3.8) is 0 Å². The molecule has 0 aromatic heterocycles. The summed E-state index contributed by atoms with van der Waals surface area (Å²) in [6.07, 6.45) is 0. The number of nitro groups is 1. The minimum absolute atomic E-state index is 0.0487. The fraction of sp³-hybridized carbons (Fsp3) is 0.0909. The van der Waals surface area contributed by atoms with Gasteiger partial charge in [0.25, 0.3) is 11.6 Å². The smallest absolute Gasteiger partial charge is 0.269 e. The molecule has 158 valence electrons. The molecule has 3 rings (SSSR count). The number of hydrogen-bond acceptors (Lipinski definition) is 5. The Morgan fingerprint density at radius 3 is 1.94 bits per heavy atom. The maximum absolute atomic E-state index is 12.4. The molecule has 0 bridgehead atoms. The minimum atomic E-state index is -0.565. The van der Waals surface area contributed by atoms with Crippen LogP contribution in [0, 0.1) is 10.1 Å². The van der Waals surface area contributed by atoms with Crippen LogP contribution in [-0.4, -0.2) is 22.8 Å². The van der Waals surface area contributed by atoms with E-state index in [1.165, 1.54) is 24.3 Å². The zero-order valence-corrected chi connectivity index (χ0v) is 17.2. The molecule has 1 atom stereocenters. The van der Waals surface area contributed by atoms with E-state index in [-0.39, 0.29) is 17.5 Å². The Hall–Kier alpha value is -3.91. The van der Waals surface area contributed by atoms with Crippen LogP contribution >= 0.6 is 11.6 Å². The van der Waals surface area contributed by atoms with E-state index >= 15 is 0 Å². The predicted molar refractivity (Wildman–Crippen MR) is 121 cm³/mol. The molecule has 3 aromatic rings. The summed E-state index contributed by atoms with van der Waals surface area (Å²) < 4.78 is 0. The van der Waals surface area contributed by atoms with Gasteiger partial charge in [0, 0.05) is 39.8 Å². The largest absolute Gasteiger partial charge is 0.374 e.